The quantitative estimate of drug-likeness (QED) is 0.664. The summed E-state index contributed by atoms with van der Waals surface area (Å²) in [5, 5.41) is 5.49. The standard InChI is InChI=1S/C16H15IN2S/c1-18-15(8-11-2-4-13(17)5-3-11)12-9-16-14(19-10-12)6-7-20-16/h2-7,9-10,15,18H,8H2,1H3. The highest BCUT2D eigenvalue weighted by atomic mass is 127. The average Bonchev–Trinajstić information content (AvgIpc) is 2.94. The highest BCUT2D eigenvalue weighted by molar-refractivity contribution is 14.1. The molecule has 1 unspecified atom stereocenters. The lowest BCUT2D eigenvalue weighted by molar-refractivity contribution is 0.591. The van der Waals surface area contributed by atoms with E-state index < -0.39 is 0 Å². The number of benzene rings is 1. The Balaban J connectivity index is 1.86. The number of fused-ring (bicyclic) bond motifs is 1. The van der Waals surface area contributed by atoms with Crippen LogP contribution in [0.15, 0.2) is 48.0 Å². The van der Waals surface area contributed by atoms with Crippen LogP contribution in [0.1, 0.15) is 17.2 Å². The number of thiophene rings is 1. The predicted molar refractivity (Wildman–Crippen MR) is 94.3 cm³/mol. The predicted octanol–water partition coefficient (Wildman–Crippen LogP) is 4.40. The number of halogens is 1. The molecule has 0 saturated heterocycles. The molecule has 1 atom stereocenters. The molecular formula is C16H15IN2S. The summed E-state index contributed by atoms with van der Waals surface area (Å²) < 4.78 is 2.53. The zero-order valence-corrected chi connectivity index (χ0v) is 14.1. The Labute approximate surface area is 136 Å². The summed E-state index contributed by atoms with van der Waals surface area (Å²) in [4.78, 5) is 4.53. The first kappa shape index (κ1) is 14.0. The maximum atomic E-state index is 4.53. The third-order valence-electron chi connectivity index (χ3n) is 3.43. The first-order valence-electron chi connectivity index (χ1n) is 6.51. The fraction of sp³-hybridized carbons (Fsp3) is 0.188. The van der Waals surface area contributed by atoms with Crippen molar-refractivity contribution in [3.05, 3.63) is 62.7 Å². The molecule has 0 aliphatic heterocycles. The summed E-state index contributed by atoms with van der Waals surface area (Å²) in [6, 6.07) is 13.3. The molecule has 0 fully saturated rings. The minimum atomic E-state index is 0.300. The second-order valence-electron chi connectivity index (χ2n) is 4.74. The van der Waals surface area contributed by atoms with E-state index in [2.05, 4.69) is 74.7 Å². The van der Waals surface area contributed by atoms with Gasteiger partial charge in [0.1, 0.15) is 0 Å². The van der Waals surface area contributed by atoms with Crippen LogP contribution in [0.25, 0.3) is 10.2 Å². The number of likely N-dealkylation sites (N-methyl/N-ethyl adjacent to an activating group) is 1. The fourth-order valence-corrected chi connectivity index (χ4v) is 3.44. The van der Waals surface area contributed by atoms with E-state index in [9.17, 15) is 0 Å². The molecule has 2 heterocycles. The van der Waals surface area contributed by atoms with Crippen molar-refractivity contribution in [2.45, 2.75) is 12.5 Å². The Hall–Kier alpha value is -0.980. The Morgan fingerprint density at radius 1 is 1.25 bits per heavy atom. The zero-order valence-electron chi connectivity index (χ0n) is 11.1. The average molecular weight is 394 g/mol. The summed E-state index contributed by atoms with van der Waals surface area (Å²) in [6.45, 7) is 0. The summed E-state index contributed by atoms with van der Waals surface area (Å²) in [5.74, 6) is 0. The van der Waals surface area contributed by atoms with E-state index in [1.54, 1.807) is 11.3 Å². The lowest BCUT2D eigenvalue weighted by Crippen LogP contribution is -2.19. The molecule has 0 aliphatic rings. The van der Waals surface area contributed by atoms with Crippen molar-refractivity contribution in [1.29, 1.82) is 0 Å². The number of rotatable bonds is 4. The molecule has 1 aromatic carbocycles. The van der Waals surface area contributed by atoms with Gasteiger partial charge in [-0.15, -0.1) is 11.3 Å². The summed E-state index contributed by atoms with van der Waals surface area (Å²) in [6.07, 6.45) is 2.97. The van der Waals surface area contributed by atoms with E-state index in [0.29, 0.717) is 6.04 Å². The molecule has 0 bridgehead atoms. The van der Waals surface area contributed by atoms with Crippen LogP contribution < -0.4 is 5.32 Å². The number of hydrogen-bond donors (Lipinski definition) is 1. The lowest BCUT2D eigenvalue weighted by Gasteiger charge is -2.16. The van der Waals surface area contributed by atoms with Crippen molar-refractivity contribution < 1.29 is 0 Å². The summed E-state index contributed by atoms with van der Waals surface area (Å²) in [7, 11) is 2.01. The van der Waals surface area contributed by atoms with Crippen LogP contribution in [0, 0.1) is 3.57 Å². The molecule has 0 aliphatic carbocycles. The Morgan fingerprint density at radius 2 is 2.05 bits per heavy atom. The molecule has 3 aromatic rings. The molecular weight excluding hydrogens is 379 g/mol. The van der Waals surface area contributed by atoms with Gasteiger partial charge in [-0.05, 0) is 76.8 Å². The molecule has 1 N–H and O–H groups in total. The minimum absolute atomic E-state index is 0.300. The largest absolute Gasteiger partial charge is 0.313 e. The molecule has 20 heavy (non-hydrogen) atoms. The van der Waals surface area contributed by atoms with Gasteiger partial charge in [0, 0.05) is 15.8 Å². The van der Waals surface area contributed by atoms with Crippen LogP contribution in [-0.2, 0) is 6.42 Å². The van der Waals surface area contributed by atoms with Gasteiger partial charge in [-0.1, -0.05) is 12.1 Å². The monoisotopic (exact) mass is 394 g/mol. The van der Waals surface area contributed by atoms with Crippen LogP contribution >= 0.6 is 33.9 Å². The Bertz CT molecular complexity index is 706. The fourth-order valence-electron chi connectivity index (χ4n) is 2.29. The van der Waals surface area contributed by atoms with E-state index in [-0.39, 0.29) is 0 Å². The van der Waals surface area contributed by atoms with Crippen LogP contribution in [0.4, 0.5) is 0 Å². The van der Waals surface area contributed by atoms with Crippen molar-refractivity contribution in [2.24, 2.45) is 0 Å². The maximum Gasteiger partial charge on any atom is 0.0809 e. The van der Waals surface area contributed by atoms with E-state index in [0.717, 1.165) is 11.9 Å². The third-order valence-corrected chi connectivity index (χ3v) is 5.00. The lowest BCUT2D eigenvalue weighted by atomic mass is 10.0. The zero-order chi connectivity index (χ0) is 13.9. The molecule has 3 rings (SSSR count). The van der Waals surface area contributed by atoms with Crippen LogP contribution in [-0.4, -0.2) is 12.0 Å². The number of aromatic nitrogens is 1. The summed E-state index contributed by atoms with van der Waals surface area (Å²) in [5.41, 5.74) is 3.68. The molecule has 2 aromatic heterocycles. The summed E-state index contributed by atoms with van der Waals surface area (Å²) >= 11 is 4.08. The highest BCUT2D eigenvalue weighted by Gasteiger charge is 2.11. The molecule has 0 spiro atoms. The van der Waals surface area contributed by atoms with E-state index in [1.807, 2.05) is 13.2 Å². The maximum absolute atomic E-state index is 4.53. The van der Waals surface area contributed by atoms with Gasteiger partial charge in [0.2, 0.25) is 0 Å². The van der Waals surface area contributed by atoms with Gasteiger partial charge in [-0.2, -0.15) is 0 Å². The molecule has 4 heteroatoms. The third kappa shape index (κ3) is 3.02. The molecule has 2 nitrogen and oxygen atoms in total. The SMILES string of the molecule is CNC(Cc1ccc(I)cc1)c1cnc2ccsc2c1. The van der Waals surface area contributed by atoms with Crippen molar-refractivity contribution in [3.8, 4) is 0 Å². The second kappa shape index (κ2) is 6.20. The number of nitrogens with zero attached hydrogens (tertiary/aromatic N) is 1. The van der Waals surface area contributed by atoms with E-state index in [4.69, 9.17) is 0 Å². The van der Waals surface area contributed by atoms with Crippen LogP contribution in [0.3, 0.4) is 0 Å². The Kier molecular flexibility index (Phi) is 4.33. The number of pyridine rings is 1. The van der Waals surface area contributed by atoms with Gasteiger partial charge < -0.3 is 5.32 Å². The van der Waals surface area contributed by atoms with Gasteiger partial charge in [0.15, 0.2) is 0 Å². The normalized spacial score (nSPS) is 12.7. The molecule has 0 radical (unpaired) electrons. The van der Waals surface area contributed by atoms with Crippen molar-refractivity contribution in [2.75, 3.05) is 7.05 Å². The van der Waals surface area contributed by atoms with Gasteiger partial charge in [0.05, 0.1) is 10.2 Å². The Morgan fingerprint density at radius 3 is 2.80 bits per heavy atom. The first-order valence-corrected chi connectivity index (χ1v) is 8.47. The van der Waals surface area contributed by atoms with Crippen molar-refractivity contribution >= 4 is 44.1 Å². The van der Waals surface area contributed by atoms with Crippen molar-refractivity contribution in [3.63, 3.8) is 0 Å². The molecule has 102 valence electrons. The second-order valence-corrected chi connectivity index (χ2v) is 6.94. The molecule has 0 amide bonds. The van der Waals surface area contributed by atoms with Gasteiger partial charge in [0.25, 0.3) is 0 Å². The minimum Gasteiger partial charge on any atom is -0.313 e. The highest BCUT2D eigenvalue weighted by Crippen LogP contribution is 2.24. The number of nitrogens with one attached hydrogen (secondary N) is 1. The first-order chi connectivity index (χ1) is 9.76. The van der Waals surface area contributed by atoms with Crippen LogP contribution in [0.5, 0.6) is 0 Å². The topological polar surface area (TPSA) is 24.9 Å². The molecule has 0 saturated carbocycles. The van der Waals surface area contributed by atoms with Gasteiger partial charge in [-0.25, -0.2) is 0 Å². The van der Waals surface area contributed by atoms with Crippen LogP contribution in [0.2, 0.25) is 0 Å². The number of hydrogen-bond acceptors (Lipinski definition) is 3. The van der Waals surface area contributed by atoms with E-state index >= 15 is 0 Å². The smallest absolute Gasteiger partial charge is 0.0809 e. The van der Waals surface area contributed by atoms with Gasteiger partial charge >= 0.3 is 0 Å². The van der Waals surface area contributed by atoms with Crippen molar-refractivity contribution in [1.82, 2.24) is 10.3 Å². The van der Waals surface area contributed by atoms with Gasteiger partial charge in [-0.3, -0.25) is 4.98 Å². The van der Waals surface area contributed by atoms with E-state index in [1.165, 1.54) is 19.4 Å².